The molecule has 49 heavy (non-hydrogen) atoms. The summed E-state index contributed by atoms with van der Waals surface area (Å²) in [6, 6.07) is 12.9. The number of esters is 1. The van der Waals surface area contributed by atoms with Gasteiger partial charge < -0.3 is 33.7 Å². The molecule has 5 rings (SSSR count). The summed E-state index contributed by atoms with van der Waals surface area (Å²) < 4.78 is 29.0. The van der Waals surface area contributed by atoms with Gasteiger partial charge in [0.05, 0.1) is 39.5 Å². The van der Waals surface area contributed by atoms with E-state index in [-0.39, 0.29) is 11.8 Å². The van der Waals surface area contributed by atoms with Gasteiger partial charge in [0.1, 0.15) is 24.5 Å². The quantitative estimate of drug-likeness (QED) is 0.241. The van der Waals surface area contributed by atoms with Crippen molar-refractivity contribution >= 4 is 11.9 Å². The molecule has 2 heterocycles. The first-order valence-corrected chi connectivity index (χ1v) is 18.3. The Morgan fingerprint density at radius 1 is 0.918 bits per heavy atom. The first-order chi connectivity index (χ1) is 23.9. The fourth-order valence-corrected chi connectivity index (χ4v) is 7.70. The third kappa shape index (κ3) is 10.1. The predicted molar refractivity (Wildman–Crippen MR) is 187 cm³/mol. The lowest BCUT2D eigenvalue weighted by Gasteiger charge is -2.40. The van der Waals surface area contributed by atoms with Gasteiger partial charge in [-0.05, 0) is 93.2 Å². The molecule has 1 N–H and O–H groups in total. The summed E-state index contributed by atoms with van der Waals surface area (Å²) in [5, 5.41) is 10.8. The van der Waals surface area contributed by atoms with E-state index < -0.39 is 30.1 Å². The molecule has 0 spiro atoms. The Kier molecular flexibility index (Phi) is 14.0. The van der Waals surface area contributed by atoms with Gasteiger partial charge in [-0.2, -0.15) is 0 Å². The van der Waals surface area contributed by atoms with Crippen LogP contribution in [-0.2, 0) is 25.5 Å². The maximum Gasteiger partial charge on any atom is 0.329 e. The molecule has 2 saturated heterocycles. The van der Waals surface area contributed by atoms with Crippen LogP contribution in [0.25, 0.3) is 0 Å². The minimum atomic E-state index is -0.769. The number of carbonyl (C=O) groups is 2. The third-order valence-corrected chi connectivity index (χ3v) is 10.4. The summed E-state index contributed by atoms with van der Waals surface area (Å²) in [6.07, 6.45) is 7.23. The van der Waals surface area contributed by atoms with Gasteiger partial charge in [0.15, 0.2) is 11.5 Å². The van der Waals surface area contributed by atoms with E-state index in [0.717, 1.165) is 88.2 Å². The molecular formula is C39H56N2O8. The van der Waals surface area contributed by atoms with E-state index in [9.17, 15) is 14.7 Å². The Morgan fingerprint density at radius 3 is 2.41 bits per heavy atom. The number of nitrogens with zero attached hydrogens (tertiary/aromatic N) is 2. The van der Waals surface area contributed by atoms with E-state index in [0.29, 0.717) is 43.9 Å². The summed E-state index contributed by atoms with van der Waals surface area (Å²) in [5.74, 6) is 1.16. The molecule has 4 atom stereocenters. The van der Waals surface area contributed by atoms with Crippen molar-refractivity contribution < 1.29 is 38.4 Å². The number of carbonyl (C=O) groups excluding carboxylic acids is 2. The largest absolute Gasteiger partial charge is 0.493 e. The highest BCUT2D eigenvalue weighted by Gasteiger charge is 2.41. The molecule has 2 aliphatic heterocycles. The zero-order valence-electron chi connectivity index (χ0n) is 29.6. The van der Waals surface area contributed by atoms with Gasteiger partial charge in [0, 0.05) is 26.2 Å². The first-order valence-electron chi connectivity index (χ1n) is 18.3. The van der Waals surface area contributed by atoms with Crippen LogP contribution in [0, 0.1) is 11.8 Å². The van der Waals surface area contributed by atoms with Gasteiger partial charge in [-0.15, -0.1) is 0 Å². The minimum absolute atomic E-state index is 0.110. The highest BCUT2D eigenvalue weighted by Crippen LogP contribution is 2.36. The SMILES string of the molecule is COc1ccc(CC[C@@H](OC(=O)[C@@H]2CCCCN2C(=O)[C@@H](C2CCCCC2)[C@@H](C)O)c2cccc(OCCN3CCOCC3)c2)cc1OC. The topological polar surface area (TPSA) is 107 Å². The van der Waals surface area contributed by atoms with Crippen LogP contribution in [0.1, 0.15) is 81.9 Å². The summed E-state index contributed by atoms with van der Waals surface area (Å²) in [4.78, 5) is 32.3. The van der Waals surface area contributed by atoms with E-state index in [1.807, 2.05) is 42.5 Å². The number of ether oxygens (including phenoxy) is 5. The zero-order chi connectivity index (χ0) is 34.6. The van der Waals surface area contributed by atoms with Crippen LogP contribution in [0.15, 0.2) is 42.5 Å². The number of aliphatic hydroxyl groups is 1. The molecule has 0 bridgehead atoms. The van der Waals surface area contributed by atoms with E-state index in [1.165, 1.54) is 6.42 Å². The van der Waals surface area contributed by atoms with Crippen LogP contribution in [0.5, 0.6) is 17.2 Å². The molecule has 10 nitrogen and oxygen atoms in total. The van der Waals surface area contributed by atoms with Crippen LogP contribution < -0.4 is 14.2 Å². The summed E-state index contributed by atoms with van der Waals surface area (Å²) in [5.41, 5.74) is 1.87. The number of hydrogen-bond donors (Lipinski definition) is 1. The average molecular weight is 681 g/mol. The van der Waals surface area contributed by atoms with Gasteiger partial charge in [-0.1, -0.05) is 37.5 Å². The van der Waals surface area contributed by atoms with E-state index in [2.05, 4.69) is 4.90 Å². The van der Waals surface area contributed by atoms with Crippen molar-refractivity contribution in [1.29, 1.82) is 0 Å². The van der Waals surface area contributed by atoms with Crippen molar-refractivity contribution in [2.45, 2.75) is 89.4 Å². The number of aliphatic hydroxyl groups excluding tert-OH is 1. The van der Waals surface area contributed by atoms with Crippen molar-refractivity contribution in [3.05, 3.63) is 53.6 Å². The van der Waals surface area contributed by atoms with Crippen molar-refractivity contribution in [3.8, 4) is 17.2 Å². The van der Waals surface area contributed by atoms with Gasteiger partial charge in [0.2, 0.25) is 5.91 Å². The summed E-state index contributed by atoms with van der Waals surface area (Å²) >= 11 is 0. The molecule has 1 saturated carbocycles. The van der Waals surface area contributed by atoms with Crippen molar-refractivity contribution in [2.75, 3.05) is 60.2 Å². The second-order valence-corrected chi connectivity index (χ2v) is 13.7. The molecule has 1 aliphatic carbocycles. The molecule has 2 aromatic rings. The van der Waals surface area contributed by atoms with E-state index >= 15 is 0 Å². The summed E-state index contributed by atoms with van der Waals surface area (Å²) in [6.45, 7) is 6.86. The van der Waals surface area contributed by atoms with Gasteiger partial charge >= 0.3 is 5.97 Å². The first kappa shape index (κ1) is 36.9. The summed E-state index contributed by atoms with van der Waals surface area (Å²) in [7, 11) is 3.23. The molecule has 3 fully saturated rings. The zero-order valence-corrected chi connectivity index (χ0v) is 29.6. The van der Waals surface area contributed by atoms with Crippen LogP contribution in [-0.4, -0.2) is 99.1 Å². The molecule has 2 aromatic carbocycles. The molecule has 270 valence electrons. The van der Waals surface area contributed by atoms with E-state index in [1.54, 1.807) is 26.0 Å². The molecule has 0 radical (unpaired) electrons. The van der Waals surface area contributed by atoms with Gasteiger partial charge in [-0.25, -0.2) is 4.79 Å². The Balaban J connectivity index is 1.33. The molecule has 0 unspecified atom stereocenters. The number of hydrogen-bond acceptors (Lipinski definition) is 9. The highest BCUT2D eigenvalue weighted by molar-refractivity contribution is 5.86. The van der Waals surface area contributed by atoms with Crippen LogP contribution in [0.2, 0.25) is 0 Å². The highest BCUT2D eigenvalue weighted by atomic mass is 16.5. The monoisotopic (exact) mass is 680 g/mol. The lowest BCUT2D eigenvalue weighted by atomic mass is 9.76. The molecule has 10 heteroatoms. The minimum Gasteiger partial charge on any atom is -0.493 e. The molecule has 0 aromatic heterocycles. The van der Waals surface area contributed by atoms with Crippen LogP contribution in [0.3, 0.4) is 0 Å². The third-order valence-electron chi connectivity index (χ3n) is 10.4. The fourth-order valence-electron chi connectivity index (χ4n) is 7.70. The molecule has 3 aliphatic rings. The van der Waals surface area contributed by atoms with Crippen LogP contribution in [0.4, 0.5) is 0 Å². The average Bonchev–Trinajstić information content (AvgIpc) is 3.14. The lowest BCUT2D eigenvalue weighted by molar-refractivity contribution is -0.165. The second kappa shape index (κ2) is 18.6. The standard InChI is InChI=1S/C39H56N2O8/c1-28(42)37(30-10-5-4-6-11-30)38(43)41-19-8-7-14-33(41)39(44)49-34(17-15-29-16-18-35(45-2)36(26-29)46-3)31-12-9-13-32(27-31)48-25-22-40-20-23-47-24-21-40/h9,12-13,16,18,26-28,30,33-34,37,42H,4-8,10-11,14-15,17,19-25H2,1-3H3/t28-,33+,34-,37-/m1/s1. The van der Waals surface area contributed by atoms with Crippen molar-refractivity contribution in [3.63, 3.8) is 0 Å². The maximum atomic E-state index is 14.1. The fraction of sp³-hybridized carbons (Fsp3) is 0.641. The number of rotatable bonds is 15. The normalized spacial score (nSPS) is 21.0. The second-order valence-electron chi connectivity index (χ2n) is 13.7. The smallest absolute Gasteiger partial charge is 0.329 e. The van der Waals surface area contributed by atoms with Gasteiger partial charge in [0.25, 0.3) is 0 Å². The Bertz CT molecular complexity index is 1340. The number of benzene rings is 2. The molecule has 1 amide bonds. The van der Waals surface area contributed by atoms with E-state index in [4.69, 9.17) is 23.7 Å². The van der Waals surface area contributed by atoms with Crippen LogP contribution >= 0.6 is 0 Å². The number of methoxy groups -OCH3 is 2. The Morgan fingerprint density at radius 2 is 1.67 bits per heavy atom. The van der Waals surface area contributed by atoms with Crippen molar-refractivity contribution in [2.24, 2.45) is 11.8 Å². The number of likely N-dealkylation sites (tertiary alicyclic amines) is 1. The predicted octanol–water partition coefficient (Wildman–Crippen LogP) is 5.59. The molecular weight excluding hydrogens is 624 g/mol. The Hall–Kier alpha value is -3.34. The number of piperidine rings is 1. The van der Waals surface area contributed by atoms with Gasteiger partial charge in [-0.3, -0.25) is 9.69 Å². The van der Waals surface area contributed by atoms with Crippen molar-refractivity contribution in [1.82, 2.24) is 9.80 Å². The Labute approximate surface area is 292 Å². The number of amides is 1. The number of aryl methyl sites for hydroxylation is 1. The number of morpholine rings is 1. The lowest BCUT2D eigenvalue weighted by Crippen LogP contribution is -2.53. The maximum absolute atomic E-state index is 14.1.